The molecule has 0 saturated carbocycles. The van der Waals surface area contributed by atoms with E-state index in [1.807, 2.05) is 16.8 Å². The minimum absolute atomic E-state index is 0.0392. The highest BCUT2D eigenvalue weighted by Crippen LogP contribution is 2.26. The van der Waals surface area contributed by atoms with Crippen molar-refractivity contribution in [3.05, 3.63) is 32.7 Å². The first kappa shape index (κ1) is 14.0. The number of hydrogen-bond donors (Lipinski definition) is 1. The van der Waals surface area contributed by atoms with Gasteiger partial charge in [0.15, 0.2) is 5.69 Å². The fourth-order valence-electron chi connectivity index (χ4n) is 1.40. The van der Waals surface area contributed by atoms with Gasteiger partial charge in [-0.3, -0.25) is 0 Å². The Bertz CT molecular complexity index is 631. The zero-order valence-electron chi connectivity index (χ0n) is 10.4. The van der Waals surface area contributed by atoms with Gasteiger partial charge in [0.05, 0.1) is 12.0 Å². The van der Waals surface area contributed by atoms with E-state index in [2.05, 4.69) is 39.7 Å². The van der Waals surface area contributed by atoms with Gasteiger partial charge in [-0.2, -0.15) is 0 Å². The summed E-state index contributed by atoms with van der Waals surface area (Å²) in [5, 5.41) is 9.53. The molecule has 2 rings (SSSR count). The summed E-state index contributed by atoms with van der Waals surface area (Å²) in [5.74, 6) is -1.04. The fourth-order valence-corrected chi connectivity index (χ4v) is 2.84. The van der Waals surface area contributed by atoms with Crippen molar-refractivity contribution in [1.29, 1.82) is 0 Å². The van der Waals surface area contributed by atoms with Gasteiger partial charge in [0.25, 0.3) is 0 Å². The topological polar surface area (TPSA) is 68.0 Å². The maximum Gasteiger partial charge on any atom is 0.356 e. The van der Waals surface area contributed by atoms with Gasteiger partial charge in [-0.15, -0.1) is 11.3 Å². The molecule has 100 valence electrons. The van der Waals surface area contributed by atoms with E-state index in [0.717, 1.165) is 5.69 Å². The number of thiazole rings is 1. The average molecular weight is 342 g/mol. The van der Waals surface area contributed by atoms with E-state index in [-0.39, 0.29) is 5.69 Å². The van der Waals surface area contributed by atoms with Crippen molar-refractivity contribution in [3.63, 3.8) is 0 Å². The lowest BCUT2D eigenvalue weighted by Gasteiger charge is -2.03. The number of aromatic carboxylic acids is 1. The number of aromatic nitrogens is 3. The lowest BCUT2D eigenvalue weighted by molar-refractivity contribution is 0.0690. The molecule has 0 aliphatic rings. The highest BCUT2D eigenvalue weighted by molar-refractivity contribution is 9.11. The smallest absolute Gasteiger partial charge is 0.356 e. The van der Waals surface area contributed by atoms with E-state index in [1.54, 1.807) is 12.4 Å². The Morgan fingerprint density at radius 2 is 2.26 bits per heavy atom. The Morgan fingerprint density at radius 3 is 2.79 bits per heavy atom. The van der Waals surface area contributed by atoms with Crippen LogP contribution in [0.15, 0.2) is 16.3 Å². The van der Waals surface area contributed by atoms with Gasteiger partial charge < -0.3 is 9.67 Å². The number of hydrogen-bond acceptors (Lipinski definition) is 4. The molecule has 0 saturated heterocycles. The second-order valence-electron chi connectivity index (χ2n) is 4.15. The molecular formula is C12H12BrN3O2S. The van der Waals surface area contributed by atoms with Crippen LogP contribution in [0, 0.1) is 0 Å². The summed E-state index contributed by atoms with van der Waals surface area (Å²) in [4.78, 5) is 19.1. The normalized spacial score (nSPS) is 11.6. The monoisotopic (exact) mass is 341 g/mol. The van der Waals surface area contributed by atoms with Gasteiger partial charge >= 0.3 is 5.97 Å². The van der Waals surface area contributed by atoms with Crippen LogP contribution in [0.25, 0.3) is 12.2 Å². The first-order valence-corrected chi connectivity index (χ1v) is 7.19. The summed E-state index contributed by atoms with van der Waals surface area (Å²) in [6.07, 6.45) is 7.28. The van der Waals surface area contributed by atoms with Gasteiger partial charge in [-0.05, 0) is 41.9 Å². The SMILES string of the molecule is CC(C)n1cnc(/C=C/c2nc(C(=O)O)c(Br)s2)c1. The Morgan fingerprint density at radius 1 is 1.53 bits per heavy atom. The van der Waals surface area contributed by atoms with Gasteiger partial charge in [-0.1, -0.05) is 0 Å². The Balaban J connectivity index is 2.17. The summed E-state index contributed by atoms with van der Waals surface area (Å²) in [5.41, 5.74) is 0.856. The van der Waals surface area contributed by atoms with E-state index in [0.29, 0.717) is 14.8 Å². The average Bonchev–Trinajstić information content (AvgIpc) is 2.92. The van der Waals surface area contributed by atoms with Crippen LogP contribution in [-0.4, -0.2) is 25.6 Å². The van der Waals surface area contributed by atoms with Crippen molar-refractivity contribution in [2.75, 3.05) is 0 Å². The molecular weight excluding hydrogens is 330 g/mol. The second kappa shape index (κ2) is 5.66. The lowest BCUT2D eigenvalue weighted by Crippen LogP contribution is -1.96. The third-order valence-electron chi connectivity index (χ3n) is 2.42. The number of carboxylic acid groups (broad SMARTS) is 1. The highest BCUT2D eigenvalue weighted by atomic mass is 79.9. The number of rotatable bonds is 4. The molecule has 2 heterocycles. The third kappa shape index (κ3) is 3.30. The maximum absolute atomic E-state index is 10.9. The fraction of sp³-hybridized carbons (Fsp3) is 0.250. The first-order valence-electron chi connectivity index (χ1n) is 5.58. The number of imidazole rings is 1. The zero-order chi connectivity index (χ0) is 14.0. The summed E-state index contributed by atoms with van der Waals surface area (Å²) in [7, 11) is 0. The molecule has 19 heavy (non-hydrogen) atoms. The van der Waals surface area contributed by atoms with Crippen LogP contribution in [0.2, 0.25) is 0 Å². The van der Waals surface area contributed by atoms with Crippen molar-refractivity contribution in [1.82, 2.24) is 14.5 Å². The molecule has 0 bridgehead atoms. The molecule has 2 aromatic rings. The van der Waals surface area contributed by atoms with Crippen molar-refractivity contribution >= 4 is 45.4 Å². The molecule has 0 aliphatic carbocycles. The number of carbonyl (C=O) groups is 1. The molecule has 0 amide bonds. The molecule has 1 N–H and O–H groups in total. The van der Waals surface area contributed by atoms with Crippen LogP contribution in [0.3, 0.4) is 0 Å². The number of nitrogens with zero attached hydrogens (tertiary/aromatic N) is 3. The molecule has 0 aliphatic heterocycles. The molecule has 0 fully saturated rings. The molecule has 0 atom stereocenters. The molecule has 2 aromatic heterocycles. The molecule has 0 unspecified atom stereocenters. The predicted octanol–water partition coefficient (Wildman–Crippen LogP) is 3.55. The van der Waals surface area contributed by atoms with Gasteiger partial charge in [0, 0.05) is 12.2 Å². The largest absolute Gasteiger partial charge is 0.476 e. The molecule has 0 radical (unpaired) electrons. The van der Waals surface area contributed by atoms with Crippen molar-refractivity contribution in [2.45, 2.75) is 19.9 Å². The van der Waals surface area contributed by atoms with E-state index in [9.17, 15) is 4.79 Å². The Kier molecular flexibility index (Phi) is 4.16. The summed E-state index contributed by atoms with van der Waals surface area (Å²) < 4.78 is 2.52. The Labute approximate surface area is 122 Å². The second-order valence-corrected chi connectivity index (χ2v) is 6.50. The van der Waals surface area contributed by atoms with Gasteiger partial charge in [0.1, 0.15) is 8.79 Å². The van der Waals surface area contributed by atoms with Gasteiger partial charge in [0.2, 0.25) is 0 Å². The van der Waals surface area contributed by atoms with Crippen molar-refractivity contribution in [2.24, 2.45) is 0 Å². The van der Waals surface area contributed by atoms with Crippen LogP contribution < -0.4 is 0 Å². The molecule has 0 aromatic carbocycles. The summed E-state index contributed by atoms with van der Waals surface area (Å²) in [6, 6.07) is 0.363. The van der Waals surface area contributed by atoms with Crippen LogP contribution in [0.1, 0.15) is 41.1 Å². The number of halogens is 1. The van der Waals surface area contributed by atoms with E-state index < -0.39 is 5.97 Å². The maximum atomic E-state index is 10.9. The first-order chi connectivity index (χ1) is 8.97. The van der Waals surface area contributed by atoms with Gasteiger partial charge in [-0.25, -0.2) is 14.8 Å². The van der Waals surface area contributed by atoms with Crippen LogP contribution in [-0.2, 0) is 0 Å². The molecule has 7 heteroatoms. The van der Waals surface area contributed by atoms with Crippen LogP contribution in [0.4, 0.5) is 0 Å². The predicted molar refractivity (Wildman–Crippen MR) is 78.3 cm³/mol. The van der Waals surface area contributed by atoms with Crippen LogP contribution >= 0.6 is 27.3 Å². The van der Waals surface area contributed by atoms with Crippen molar-refractivity contribution < 1.29 is 9.90 Å². The molecule has 5 nitrogen and oxygen atoms in total. The van der Waals surface area contributed by atoms with Crippen molar-refractivity contribution in [3.8, 4) is 0 Å². The highest BCUT2D eigenvalue weighted by Gasteiger charge is 2.13. The Hall–Kier alpha value is -1.47. The van der Waals surface area contributed by atoms with E-state index >= 15 is 0 Å². The van der Waals surface area contributed by atoms with E-state index in [1.165, 1.54) is 11.3 Å². The van der Waals surface area contributed by atoms with Crippen LogP contribution in [0.5, 0.6) is 0 Å². The third-order valence-corrected chi connectivity index (χ3v) is 4.09. The zero-order valence-corrected chi connectivity index (χ0v) is 12.8. The lowest BCUT2D eigenvalue weighted by atomic mass is 10.4. The molecule has 0 spiro atoms. The minimum Gasteiger partial charge on any atom is -0.476 e. The summed E-state index contributed by atoms with van der Waals surface area (Å²) >= 11 is 4.47. The van der Waals surface area contributed by atoms with E-state index in [4.69, 9.17) is 5.11 Å². The standard InChI is InChI=1S/C12H12BrN3O2S/c1-7(2)16-5-8(14-6-16)3-4-9-15-10(12(17)18)11(13)19-9/h3-7H,1-2H3,(H,17,18)/b4-3+. The minimum atomic E-state index is -1.04. The number of carboxylic acids is 1. The summed E-state index contributed by atoms with van der Waals surface area (Å²) in [6.45, 7) is 4.15. The quantitative estimate of drug-likeness (QED) is 0.923.